The summed E-state index contributed by atoms with van der Waals surface area (Å²) in [6.45, 7) is 6.52. The van der Waals surface area contributed by atoms with Crippen LogP contribution in [0.1, 0.15) is 51.0 Å². The lowest BCUT2D eigenvalue weighted by molar-refractivity contribution is 0.122. The Balaban J connectivity index is 1.42. The molecule has 21 heavy (non-hydrogen) atoms. The van der Waals surface area contributed by atoms with Gasteiger partial charge in [-0.25, -0.2) is 0 Å². The average molecular weight is 285 g/mol. The van der Waals surface area contributed by atoms with Crippen LogP contribution >= 0.6 is 0 Å². The summed E-state index contributed by atoms with van der Waals surface area (Å²) in [5.74, 6) is 2.85. The molecule has 3 rings (SSSR count). The van der Waals surface area contributed by atoms with Crippen molar-refractivity contribution in [3.8, 4) is 0 Å². The van der Waals surface area contributed by atoms with Gasteiger partial charge in [0, 0.05) is 6.54 Å². The molecule has 0 spiro atoms. The van der Waals surface area contributed by atoms with E-state index in [1.807, 2.05) is 0 Å². The number of likely N-dealkylation sites (tertiary alicyclic amines) is 1. The number of nitrogens with zero attached hydrogens (tertiary/aromatic N) is 1. The summed E-state index contributed by atoms with van der Waals surface area (Å²) >= 11 is 0. The highest BCUT2D eigenvalue weighted by atomic mass is 15.1. The van der Waals surface area contributed by atoms with Gasteiger partial charge in [-0.15, -0.1) is 0 Å². The van der Waals surface area contributed by atoms with Gasteiger partial charge in [-0.1, -0.05) is 56.5 Å². The van der Waals surface area contributed by atoms with Crippen molar-refractivity contribution in [2.75, 3.05) is 19.6 Å². The smallest absolute Gasteiger partial charge is 0.00122 e. The van der Waals surface area contributed by atoms with E-state index < -0.39 is 0 Å². The second-order valence-corrected chi connectivity index (χ2v) is 7.46. The third kappa shape index (κ3) is 4.32. The highest BCUT2D eigenvalue weighted by molar-refractivity contribution is 5.15. The number of hydrogen-bond acceptors (Lipinski definition) is 1. The van der Waals surface area contributed by atoms with Crippen LogP contribution in [0, 0.1) is 17.8 Å². The van der Waals surface area contributed by atoms with Gasteiger partial charge >= 0.3 is 0 Å². The number of hydrogen-bond donors (Lipinski definition) is 0. The monoisotopic (exact) mass is 285 g/mol. The fraction of sp³-hybridized carbons (Fsp3) is 0.700. The molecule has 2 atom stereocenters. The molecule has 1 unspecified atom stereocenters. The Hall–Kier alpha value is -0.820. The van der Waals surface area contributed by atoms with E-state index >= 15 is 0 Å². The van der Waals surface area contributed by atoms with Crippen LogP contribution < -0.4 is 0 Å². The van der Waals surface area contributed by atoms with E-state index in [1.54, 1.807) is 0 Å². The molecule has 1 saturated heterocycles. The highest BCUT2D eigenvalue weighted by Gasteiger charge is 2.26. The zero-order valence-corrected chi connectivity index (χ0v) is 13.6. The van der Waals surface area contributed by atoms with E-state index in [2.05, 4.69) is 42.2 Å². The minimum Gasteiger partial charge on any atom is -0.303 e. The largest absolute Gasteiger partial charge is 0.303 e. The van der Waals surface area contributed by atoms with E-state index in [1.165, 1.54) is 70.1 Å². The molecule has 1 heterocycles. The zero-order chi connectivity index (χ0) is 14.5. The van der Waals surface area contributed by atoms with Crippen molar-refractivity contribution in [1.82, 2.24) is 4.90 Å². The van der Waals surface area contributed by atoms with E-state index in [0.717, 1.165) is 17.8 Å². The fourth-order valence-corrected chi connectivity index (χ4v) is 4.32. The van der Waals surface area contributed by atoms with E-state index in [0.29, 0.717) is 0 Å². The first-order chi connectivity index (χ1) is 10.3. The molecule has 1 aromatic rings. The van der Waals surface area contributed by atoms with Gasteiger partial charge in [0.2, 0.25) is 0 Å². The highest BCUT2D eigenvalue weighted by Crippen LogP contribution is 2.31. The molecule has 1 nitrogen and oxygen atoms in total. The van der Waals surface area contributed by atoms with E-state index in [4.69, 9.17) is 0 Å². The Morgan fingerprint density at radius 2 is 1.67 bits per heavy atom. The van der Waals surface area contributed by atoms with Gasteiger partial charge < -0.3 is 4.90 Å². The van der Waals surface area contributed by atoms with Crippen molar-refractivity contribution in [2.24, 2.45) is 17.8 Å². The maximum atomic E-state index is 2.76. The summed E-state index contributed by atoms with van der Waals surface area (Å²) in [6, 6.07) is 11.0. The molecule has 0 amide bonds. The van der Waals surface area contributed by atoms with Crippen LogP contribution in [0.4, 0.5) is 0 Å². The molecule has 0 aromatic heterocycles. The lowest BCUT2D eigenvalue weighted by atomic mass is 9.79. The summed E-state index contributed by atoms with van der Waals surface area (Å²) in [6.07, 6.45) is 9.97. The van der Waals surface area contributed by atoms with Gasteiger partial charge in [0.25, 0.3) is 0 Å². The molecule has 1 aliphatic heterocycles. The van der Waals surface area contributed by atoms with Crippen LogP contribution in [0.15, 0.2) is 30.3 Å². The zero-order valence-electron chi connectivity index (χ0n) is 13.6. The minimum atomic E-state index is 0.910. The number of benzene rings is 1. The standard InChI is InChI=1S/C20H31N/c1-17-7-5-6-10-20(17)16-21-13-11-19(12-14-21)15-18-8-3-2-4-9-18/h2-4,8-9,17,19-20H,5-7,10-16H2,1H3/t17-,20?/m1/s1. The van der Waals surface area contributed by atoms with Crippen molar-refractivity contribution in [2.45, 2.75) is 51.9 Å². The molecule has 0 radical (unpaired) electrons. The van der Waals surface area contributed by atoms with Crippen LogP contribution in [0.3, 0.4) is 0 Å². The maximum absolute atomic E-state index is 2.76. The van der Waals surface area contributed by atoms with Gasteiger partial charge in [-0.2, -0.15) is 0 Å². The lowest BCUT2D eigenvalue weighted by Crippen LogP contribution is -2.39. The quantitative estimate of drug-likeness (QED) is 0.770. The topological polar surface area (TPSA) is 3.24 Å². The van der Waals surface area contributed by atoms with Gasteiger partial charge in [-0.05, 0) is 62.1 Å². The molecule has 0 N–H and O–H groups in total. The van der Waals surface area contributed by atoms with Crippen LogP contribution in [0.5, 0.6) is 0 Å². The third-order valence-electron chi connectivity index (χ3n) is 5.86. The van der Waals surface area contributed by atoms with Gasteiger partial charge in [0.05, 0.1) is 0 Å². The molecule has 1 heteroatoms. The molecular formula is C20H31N. The summed E-state index contributed by atoms with van der Waals surface area (Å²) < 4.78 is 0. The second-order valence-electron chi connectivity index (χ2n) is 7.46. The van der Waals surface area contributed by atoms with Crippen LogP contribution in [-0.4, -0.2) is 24.5 Å². The summed E-state index contributed by atoms with van der Waals surface area (Å²) in [5.41, 5.74) is 1.52. The molecule has 1 saturated carbocycles. The van der Waals surface area contributed by atoms with Crippen LogP contribution in [0.25, 0.3) is 0 Å². The van der Waals surface area contributed by atoms with Gasteiger partial charge in [0.15, 0.2) is 0 Å². The Morgan fingerprint density at radius 1 is 0.952 bits per heavy atom. The van der Waals surface area contributed by atoms with Crippen LogP contribution in [-0.2, 0) is 6.42 Å². The molecule has 2 fully saturated rings. The Kier molecular flexibility index (Phi) is 5.35. The van der Waals surface area contributed by atoms with Crippen molar-refractivity contribution in [3.63, 3.8) is 0 Å². The molecule has 0 bridgehead atoms. The van der Waals surface area contributed by atoms with E-state index in [9.17, 15) is 0 Å². The molecule has 116 valence electrons. The summed E-state index contributed by atoms with van der Waals surface area (Å²) in [4.78, 5) is 2.76. The number of piperidine rings is 1. The normalized spacial score (nSPS) is 28.6. The first-order valence-corrected chi connectivity index (χ1v) is 9.07. The SMILES string of the molecule is C[C@@H]1CCCCC1CN1CCC(Cc2ccccc2)CC1. The fourth-order valence-electron chi connectivity index (χ4n) is 4.32. The molecule has 1 aliphatic carbocycles. The summed E-state index contributed by atoms with van der Waals surface area (Å²) in [7, 11) is 0. The Labute approximate surface area is 130 Å². The van der Waals surface area contributed by atoms with Gasteiger partial charge in [-0.3, -0.25) is 0 Å². The predicted molar refractivity (Wildman–Crippen MR) is 90.4 cm³/mol. The van der Waals surface area contributed by atoms with Gasteiger partial charge in [0.1, 0.15) is 0 Å². The molecule has 1 aromatic carbocycles. The Morgan fingerprint density at radius 3 is 2.38 bits per heavy atom. The molecular weight excluding hydrogens is 254 g/mol. The van der Waals surface area contributed by atoms with Crippen molar-refractivity contribution in [1.29, 1.82) is 0 Å². The van der Waals surface area contributed by atoms with Crippen molar-refractivity contribution >= 4 is 0 Å². The molecule has 2 aliphatic rings. The first kappa shape index (κ1) is 15.1. The average Bonchev–Trinajstić information content (AvgIpc) is 2.52. The third-order valence-corrected chi connectivity index (χ3v) is 5.86. The first-order valence-electron chi connectivity index (χ1n) is 9.07. The van der Waals surface area contributed by atoms with Crippen molar-refractivity contribution < 1.29 is 0 Å². The Bertz CT molecular complexity index is 405. The second kappa shape index (κ2) is 7.45. The lowest BCUT2D eigenvalue weighted by Gasteiger charge is -2.37. The predicted octanol–water partition coefficient (Wildman–Crippen LogP) is 4.77. The summed E-state index contributed by atoms with van der Waals surface area (Å²) in [5, 5.41) is 0. The minimum absolute atomic E-state index is 0.910. The van der Waals surface area contributed by atoms with Crippen LogP contribution in [0.2, 0.25) is 0 Å². The van der Waals surface area contributed by atoms with E-state index in [-0.39, 0.29) is 0 Å². The maximum Gasteiger partial charge on any atom is 0.00122 e. The van der Waals surface area contributed by atoms with Crippen molar-refractivity contribution in [3.05, 3.63) is 35.9 Å². The number of rotatable bonds is 4.